The van der Waals surface area contributed by atoms with Gasteiger partial charge in [-0.25, -0.2) is 14.3 Å². The van der Waals surface area contributed by atoms with Crippen molar-refractivity contribution in [3.63, 3.8) is 0 Å². The molecule has 0 saturated carbocycles. The maximum atomic E-state index is 12.7. The second-order valence-electron chi connectivity index (χ2n) is 8.26. The van der Waals surface area contributed by atoms with Gasteiger partial charge in [-0.1, -0.05) is 17.7 Å². The van der Waals surface area contributed by atoms with Crippen LogP contribution in [0.25, 0.3) is 11.1 Å². The number of piperidine rings is 1. The van der Waals surface area contributed by atoms with Crippen molar-refractivity contribution in [1.82, 2.24) is 24.8 Å². The first-order valence-electron chi connectivity index (χ1n) is 10.9. The maximum Gasteiger partial charge on any atom is 0.410 e. The number of nitrogens with two attached hydrogens (primary N) is 1. The second kappa shape index (κ2) is 9.15. The Morgan fingerprint density at radius 1 is 1.35 bits per heavy atom. The van der Waals surface area contributed by atoms with Crippen molar-refractivity contribution in [2.45, 2.75) is 18.9 Å². The van der Waals surface area contributed by atoms with E-state index in [1.165, 1.54) is 24.8 Å². The van der Waals surface area contributed by atoms with Crippen molar-refractivity contribution in [1.29, 1.82) is 0 Å². The van der Waals surface area contributed by atoms with Gasteiger partial charge in [0.2, 0.25) is 0 Å². The number of thiophene rings is 1. The Morgan fingerprint density at radius 3 is 2.97 bits per heavy atom. The highest BCUT2D eigenvalue weighted by molar-refractivity contribution is 7.18. The third-order valence-electron chi connectivity index (χ3n) is 6.14. The van der Waals surface area contributed by atoms with Gasteiger partial charge in [0.05, 0.1) is 34.2 Å². The summed E-state index contributed by atoms with van der Waals surface area (Å²) in [6.45, 7) is 2.34. The van der Waals surface area contributed by atoms with E-state index >= 15 is 0 Å². The summed E-state index contributed by atoms with van der Waals surface area (Å²) in [7, 11) is 1.37. The number of carbonyl (C=O) groups excluding carboxylic acids is 2. The summed E-state index contributed by atoms with van der Waals surface area (Å²) in [5, 5.41) is 7.57. The molecule has 3 aromatic rings. The molecule has 0 aliphatic carbocycles. The number of nitrogens with one attached hydrogen (secondary N) is 1. The van der Waals surface area contributed by atoms with E-state index in [9.17, 15) is 9.59 Å². The summed E-state index contributed by atoms with van der Waals surface area (Å²) in [5.41, 5.74) is 9.72. The van der Waals surface area contributed by atoms with Crippen LogP contribution in [0.4, 0.5) is 16.3 Å². The summed E-state index contributed by atoms with van der Waals surface area (Å²) < 4.78 is 7.22. The van der Waals surface area contributed by atoms with Gasteiger partial charge in [-0.2, -0.15) is 5.10 Å². The minimum absolute atomic E-state index is 0.0214. The number of hydrogen-bond donors (Lipinski definition) is 2. The zero-order valence-corrected chi connectivity index (χ0v) is 20.1. The van der Waals surface area contributed by atoms with Gasteiger partial charge in [0, 0.05) is 25.7 Å². The topological polar surface area (TPSA) is 118 Å². The number of hydrogen-bond acceptors (Lipinski definition) is 8. The molecule has 10 nitrogen and oxygen atoms in total. The Bertz CT molecular complexity index is 1290. The van der Waals surface area contributed by atoms with E-state index in [1.54, 1.807) is 21.5 Å². The first-order valence-corrected chi connectivity index (χ1v) is 12.1. The molecule has 2 aliphatic rings. The highest BCUT2D eigenvalue weighted by atomic mass is 35.5. The third-order valence-corrected chi connectivity index (χ3v) is 7.37. The Kier molecular flexibility index (Phi) is 6.05. The highest BCUT2D eigenvalue weighted by Crippen LogP contribution is 2.35. The van der Waals surface area contributed by atoms with Gasteiger partial charge in [-0.3, -0.25) is 4.79 Å². The first-order chi connectivity index (χ1) is 16.4. The van der Waals surface area contributed by atoms with E-state index in [0.29, 0.717) is 40.2 Å². The molecule has 0 spiro atoms. The maximum absolute atomic E-state index is 12.7. The molecule has 178 valence electrons. The van der Waals surface area contributed by atoms with Crippen LogP contribution < -0.4 is 16.0 Å². The summed E-state index contributed by atoms with van der Waals surface area (Å²) in [6.07, 6.45) is 4.84. The number of anilines is 2. The summed E-state index contributed by atoms with van der Waals surface area (Å²) >= 11 is 7.25. The molecule has 0 radical (unpaired) electrons. The van der Waals surface area contributed by atoms with Gasteiger partial charge in [0.1, 0.15) is 11.8 Å². The van der Waals surface area contributed by atoms with Gasteiger partial charge in [0.15, 0.2) is 5.82 Å². The van der Waals surface area contributed by atoms with Crippen molar-refractivity contribution in [2.75, 3.05) is 43.9 Å². The molecule has 0 bridgehead atoms. The summed E-state index contributed by atoms with van der Waals surface area (Å²) in [4.78, 5) is 33.2. The predicted molar refractivity (Wildman–Crippen MR) is 131 cm³/mol. The number of fused-ring (bicyclic) bond motifs is 1. The molecule has 5 heterocycles. The molecule has 5 rings (SSSR count). The fourth-order valence-electron chi connectivity index (χ4n) is 4.53. The lowest BCUT2D eigenvalue weighted by Crippen LogP contribution is -2.47. The number of carbonyl (C=O) groups is 2. The van der Waals surface area contributed by atoms with Crippen LogP contribution in [0.3, 0.4) is 0 Å². The molecule has 0 aromatic carbocycles. The molecular weight excluding hydrogens is 478 g/mol. The van der Waals surface area contributed by atoms with Crippen LogP contribution in [0.2, 0.25) is 4.34 Å². The number of nitrogen functional groups attached to an aromatic ring is 1. The standard InChI is InChI=1S/C22H24ClN7O3S/c1-33-22(32)29-8-6-13(10-29)15-9-16(19-20(24)25-12-26-30(15)19)28-7-2-3-14(11-28)27-21(31)17-4-5-18(23)34-17/h4-6,9,12,14H,2-3,7-8,10-11H2,1H3,(H,27,31)(H2,24,25,26)/t14-/m1/s1. The van der Waals surface area contributed by atoms with Crippen molar-refractivity contribution in [3.8, 4) is 0 Å². The van der Waals surface area contributed by atoms with E-state index in [1.807, 2.05) is 12.1 Å². The van der Waals surface area contributed by atoms with Crippen LogP contribution in [-0.2, 0) is 4.74 Å². The Hall–Kier alpha value is -3.31. The monoisotopic (exact) mass is 501 g/mol. The lowest BCUT2D eigenvalue weighted by atomic mass is 10.0. The molecule has 2 aliphatic heterocycles. The number of ether oxygens (including phenoxy) is 1. The van der Waals surface area contributed by atoms with Gasteiger partial charge >= 0.3 is 6.09 Å². The van der Waals surface area contributed by atoms with Crippen LogP contribution in [0, 0.1) is 0 Å². The average Bonchev–Trinajstić information content (AvgIpc) is 3.57. The average molecular weight is 502 g/mol. The number of halogens is 1. The molecule has 1 saturated heterocycles. The fraction of sp³-hybridized carbons (Fsp3) is 0.364. The Morgan fingerprint density at radius 2 is 2.21 bits per heavy atom. The van der Waals surface area contributed by atoms with E-state index < -0.39 is 0 Å². The predicted octanol–water partition coefficient (Wildman–Crippen LogP) is 2.89. The van der Waals surface area contributed by atoms with Crippen LogP contribution >= 0.6 is 22.9 Å². The lowest BCUT2D eigenvalue weighted by molar-refractivity contribution is 0.0937. The second-order valence-corrected chi connectivity index (χ2v) is 9.98. The highest BCUT2D eigenvalue weighted by Gasteiger charge is 2.29. The zero-order chi connectivity index (χ0) is 23.8. The molecular formula is C22H24ClN7O3S. The molecule has 12 heteroatoms. The van der Waals surface area contributed by atoms with Crippen LogP contribution in [0.15, 0.2) is 30.6 Å². The van der Waals surface area contributed by atoms with Crippen LogP contribution in [0.5, 0.6) is 0 Å². The molecule has 34 heavy (non-hydrogen) atoms. The third kappa shape index (κ3) is 4.16. The van der Waals surface area contributed by atoms with Gasteiger partial charge < -0.3 is 25.6 Å². The van der Waals surface area contributed by atoms with Gasteiger partial charge in [-0.15, -0.1) is 11.3 Å². The van der Waals surface area contributed by atoms with E-state index in [2.05, 4.69) is 20.3 Å². The minimum Gasteiger partial charge on any atom is -0.453 e. The van der Waals surface area contributed by atoms with Crippen molar-refractivity contribution >= 4 is 57.5 Å². The van der Waals surface area contributed by atoms with Crippen molar-refractivity contribution in [2.24, 2.45) is 0 Å². The van der Waals surface area contributed by atoms with E-state index in [-0.39, 0.29) is 18.0 Å². The minimum atomic E-state index is -0.372. The van der Waals surface area contributed by atoms with Crippen molar-refractivity contribution < 1.29 is 14.3 Å². The van der Waals surface area contributed by atoms with Crippen molar-refractivity contribution in [3.05, 3.63) is 45.5 Å². The van der Waals surface area contributed by atoms with Crippen LogP contribution in [-0.4, -0.2) is 70.8 Å². The molecule has 0 unspecified atom stereocenters. The molecule has 1 atom stereocenters. The number of nitrogens with zero attached hydrogens (tertiary/aromatic N) is 5. The quantitative estimate of drug-likeness (QED) is 0.564. The molecule has 3 aromatic heterocycles. The number of methoxy groups -OCH3 is 1. The summed E-state index contributed by atoms with van der Waals surface area (Å²) in [5.74, 6) is 0.257. The smallest absolute Gasteiger partial charge is 0.410 e. The van der Waals surface area contributed by atoms with Gasteiger partial charge in [0.25, 0.3) is 5.91 Å². The first kappa shape index (κ1) is 22.5. The fourth-order valence-corrected chi connectivity index (χ4v) is 5.48. The normalized spacial score (nSPS) is 18.3. The van der Waals surface area contributed by atoms with E-state index in [0.717, 1.165) is 36.3 Å². The Balaban J connectivity index is 1.41. The zero-order valence-electron chi connectivity index (χ0n) is 18.5. The number of aromatic nitrogens is 3. The molecule has 3 N–H and O–H groups in total. The van der Waals surface area contributed by atoms with Crippen LogP contribution in [0.1, 0.15) is 28.2 Å². The number of rotatable bonds is 4. The molecule has 2 amide bonds. The lowest BCUT2D eigenvalue weighted by Gasteiger charge is -2.34. The number of amides is 2. The van der Waals surface area contributed by atoms with E-state index in [4.69, 9.17) is 22.1 Å². The largest absolute Gasteiger partial charge is 0.453 e. The van der Waals surface area contributed by atoms with Gasteiger partial charge in [-0.05, 0) is 36.6 Å². The SMILES string of the molecule is COC(=O)N1CC=C(c2cc(N3CCC[C@@H](NC(=O)c4ccc(Cl)s4)C3)c3c(N)ncnn23)C1. The Labute approximate surface area is 204 Å². The summed E-state index contributed by atoms with van der Waals surface area (Å²) in [6, 6.07) is 5.48. The molecule has 1 fully saturated rings.